The molecule has 0 saturated carbocycles. The van der Waals surface area contributed by atoms with Gasteiger partial charge in [0, 0.05) is 88.7 Å². The van der Waals surface area contributed by atoms with Gasteiger partial charge in [0.2, 0.25) is 0 Å². The Morgan fingerprint density at radius 1 is 1.04 bits per heavy atom. The Hall–Kier alpha value is -4.48. The Labute approximate surface area is 288 Å². The predicted octanol–water partition coefficient (Wildman–Crippen LogP) is 4.89. The van der Waals surface area contributed by atoms with Crippen molar-refractivity contribution in [3.05, 3.63) is 81.8 Å². The van der Waals surface area contributed by atoms with Crippen LogP contribution < -0.4 is 20.7 Å². The Kier molecular flexibility index (Phi) is 8.83. The molecule has 1 fully saturated rings. The number of carbonyl (C=O) groups excluding carboxylic acids is 1. The second-order valence-corrected chi connectivity index (χ2v) is 14.6. The molecule has 49 heavy (non-hydrogen) atoms. The van der Waals surface area contributed by atoms with Crippen LogP contribution in [0.1, 0.15) is 55.0 Å². The molecule has 1 amide bonds. The molecule has 6 heterocycles. The third kappa shape index (κ3) is 6.25. The minimum atomic E-state index is -0.147. The maximum Gasteiger partial charge on any atom is 0.276 e. The van der Waals surface area contributed by atoms with Gasteiger partial charge in [-0.05, 0) is 73.1 Å². The first-order chi connectivity index (χ1) is 23.6. The Balaban J connectivity index is 1.12. The fourth-order valence-corrected chi connectivity index (χ4v) is 8.00. The summed E-state index contributed by atoms with van der Waals surface area (Å²) in [6.07, 6.45) is 8.18. The number of carbonyl (C=O) groups is 1. The highest BCUT2D eigenvalue weighted by atomic mass is 16.5. The van der Waals surface area contributed by atoms with E-state index in [-0.39, 0.29) is 16.9 Å². The van der Waals surface area contributed by atoms with E-state index in [1.165, 1.54) is 11.3 Å². The van der Waals surface area contributed by atoms with Gasteiger partial charge in [0.25, 0.3) is 11.5 Å². The highest BCUT2D eigenvalue weighted by Crippen LogP contribution is 2.40. The minimum absolute atomic E-state index is 0.00230. The van der Waals surface area contributed by atoms with Crippen LogP contribution in [0.4, 0.5) is 23.0 Å². The van der Waals surface area contributed by atoms with Gasteiger partial charge < -0.3 is 24.1 Å². The lowest BCUT2D eigenvalue weighted by Crippen LogP contribution is -2.52. The van der Waals surface area contributed by atoms with E-state index in [1.54, 1.807) is 24.9 Å². The molecule has 0 unspecified atom stereocenters. The number of amides is 1. The number of piperazine rings is 1. The van der Waals surface area contributed by atoms with Crippen molar-refractivity contribution in [3.8, 4) is 11.1 Å². The molecule has 11 heteroatoms. The van der Waals surface area contributed by atoms with Gasteiger partial charge in [-0.1, -0.05) is 20.8 Å². The Bertz CT molecular complexity index is 1930. The van der Waals surface area contributed by atoms with Crippen LogP contribution in [0.3, 0.4) is 0 Å². The van der Waals surface area contributed by atoms with Crippen molar-refractivity contribution >= 4 is 28.9 Å². The number of pyridine rings is 3. The monoisotopic (exact) mass is 664 g/mol. The summed E-state index contributed by atoms with van der Waals surface area (Å²) in [5.74, 6) is 1.29. The molecule has 1 N–H and O–H groups in total. The van der Waals surface area contributed by atoms with Crippen LogP contribution in [0, 0.1) is 5.41 Å². The van der Waals surface area contributed by atoms with E-state index in [0.29, 0.717) is 36.3 Å². The zero-order chi connectivity index (χ0) is 34.4. The predicted molar refractivity (Wildman–Crippen MR) is 194 cm³/mol. The molecule has 1 aliphatic carbocycles. The van der Waals surface area contributed by atoms with Gasteiger partial charge in [0.15, 0.2) is 0 Å². The maximum atomic E-state index is 13.9. The van der Waals surface area contributed by atoms with Crippen LogP contribution in [0.15, 0.2) is 53.7 Å². The summed E-state index contributed by atoms with van der Waals surface area (Å²) in [4.78, 5) is 43.4. The fraction of sp³-hybridized carbons (Fsp3) is 0.474. The quantitative estimate of drug-likeness (QED) is 0.270. The molecule has 2 aliphatic heterocycles. The van der Waals surface area contributed by atoms with Crippen molar-refractivity contribution in [1.29, 1.82) is 0 Å². The number of hydrogen-bond acceptors (Lipinski definition) is 8. The summed E-state index contributed by atoms with van der Waals surface area (Å²) in [6.45, 7) is 14.8. The largest absolute Gasteiger partial charge is 0.383 e. The van der Waals surface area contributed by atoms with Crippen LogP contribution in [-0.2, 0) is 37.6 Å². The zero-order valence-electron chi connectivity index (χ0n) is 29.6. The Morgan fingerprint density at radius 3 is 2.61 bits per heavy atom. The summed E-state index contributed by atoms with van der Waals surface area (Å²) in [5, 5.41) is 3.28. The van der Waals surface area contributed by atoms with Gasteiger partial charge in [-0.15, -0.1) is 0 Å². The molecule has 0 bridgehead atoms. The molecule has 0 radical (unpaired) electrons. The van der Waals surface area contributed by atoms with Crippen molar-refractivity contribution in [1.82, 2.24) is 24.0 Å². The number of nitrogens with zero attached hydrogens (tertiary/aromatic N) is 7. The number of anilines is 4. The maximum absolute atomic E-state index is 13.9. The van der Waals surface area contributed by atoms with Gasteiger partial charge in [-0.25, -0.2) is 9.97 Å². The average Bonchev–Trinajstić information content (AvgIpc) is 3.58. The minimum Gasteiger partial charge on any atom is -0.383 e. The molecule has 7 rings (SSSR count). The normalized spacial score (nSPS) is 18.9. The van der Waals surface area contributed by atoms with Crippen molar-refractivity contribution in [2.45, 2.75) is 59.5 Å². The molecular weight excluding hydrogens is 616 g/mol. The number of fused-ring (bicyclic) bond motifs is 3. The highest BCUT2D eigenvalue weighted by molar-refractivity contribution is 6.06. The number of methoxy groups -OCH3 is 1. The van der Waals surface area contributed by atoms with Gasteiger partial charge in [-0.3, -0.25) is 19.4 Å². The molecule has 258 valence electrons. The second kappa shape index (κ2) is 13.1. The molecule has 3 aliphatic rings. The van der Waals surface area contributed by atoms with Crippen molar-refractivity contribution < 1.29 is 9.53 Å². The molecule has 1 saturated heterocycles. The van der Waals surface area contributed by atoms with Crippen LogP contribution >= 0.6 is 0 Å². The third-order valence-electron chi connectivity index (χ3n) is 10.4. The first-order valence-corrected chi connectivity index (χ1v) is 17.5. The summed E-state index contributed by atoms with van der Waals surface area (Å²) in [6, 6.07) is 10.3. The summed E-state index contributed by atoms with van der Waals surface area (Å²) >= 11 is 0. The SMILES string of the molecule is CCc1c(-c2cc(Nc3ccc(N4CCN(CCOC)C[C@@H]4C)cn3)c(=O)n(C)c2)ccnc1N1CCn2c(cc3c2CC(C)(C)C3)C1=O. The third-order valence-corrected chi connectivity index (χ3v) is 10.4. The topological polar surface area (TPSA) is 101 Å². The lowest BCUT2D eigenvalue weighted by atomic mass is 9.90. The number of ether oxygens (including phenoxy) is 1. The first kappa shape index (κ1) is 33.0. The van der Waals surface area contributed by atoms with Crippen LogP contribution in [0.5, 0.6) is 0 Å². The lowest BCUT2D eigenvalue weighted by Gasteiger charge is -2.41. The fourth-order valence-electron chi connectivity index (χ4n) is 8.00. The molecule has 4 aromatic rings. The van der Waals surface area contributed by atoms with E-state index in [0.717, 1.165) is 80.2 Å². The van der Waals surface area contributed by atoms with Gasteiger partial charge >= 0.3 is 0 Å². The summed E-state index contributed by atoms with van der Waals surface area (Å²) in [7, 11) is 3.50. The standard InChI is InChI=1S/C38H48N8O3/c1-7-29-30(10-11-39-35(29)46-15-14-45-32(37(46)48)19-26-20-38(3,4)21-33(26)45)27-18-31(36(47)42(5)24-27)41-34-9-8-28(22-40-34)44-13-12-43(16-17-49-6)23-25(44)2/h8-11,18-19,22,24-25H,7,12-17,20-21,23H2,1-6H3,(H,40,41)/t25-/m0/s1. The van der Waals surface area contributed by atoms with Crippen LogP contribution in [0.25, 0.3) is 11.1 Å². The second-order valence-electron chi connectivity index (χ2n) is 14.6. The molecule has 4 aromatic heterocycles. The molecular formula is C38H48N8O3. The number of nitrogens with one attached hydrogen (secondary N) is 1. The van der Waals surface area contributed by atoms with E-state index in [9.17, 15) is 9.59 Å². The molecule has 0 aromatic carbocycles. The van der Waals surface area contributed by atoms with Crippen molar-refractivity contribution in [2.75, 3.05) is 61.6 Å². The van der Waals surface area contributed by atoms with Gasteiger partial charge in [0.1, 0.15) is 23.0 Å². The summed E-state index contributed by atoms with van der Waals surface area (Å²) < 4.78 is 9.08. The highest BCUT2D eigenvalue weighted by Gasteiger charge is 2.37. The van der Waals surface area contributed by atoms with E-state index >= 15 is 0 Å². The number of rotatable bonds is 9. The number of hydrogen-bond donors (Lipinski definition) is 1. The first-order valence-electron chi connectivity index (χ1n) is 17.5. The van der Waals surface area contributed by atoms with E-state index in [1.807, 2.05) is 35.5 Å². The average molecular weight is 665 g/mol. The van der Waals surface area contributed by atoms with Crippen LogP contribution in [0.2, 0.25) is 0 Å². The van der Waals surface area contributed by atoms with E-state index < -0.39 is 0 Å². The van der Waals surface area contributed by atoms with Crippen LogP contribution in [-0.4, -0.2) is 82.4 Å². The smallest absolute Gasteiger partial charge is 0.276 e. The molecule has 11 nitrogen and oxygen atoms in total. The molecule has 1 atom stereocenters. The van der Waals surface area contributed by atoms with Gasteiger partial charge in [-0.2, -0.15) is 0 Å². The van der Waals surface area contributed by atoms with E-state index in [4.69, 9.17) is 14.7 Å². The lowest BCUT2D eigenvalue weighted by molar-refractivity contribution is 0.0963. The number of aryl methyl sites for hydroxylation is 1. The van der Waals surface area contributed by atoms with Crippen molar-refractivity contribution in [3.63, 3.8) is 0 Å². The van der Waals surface area contributed by atoms with Crippen molar-refractivity contribution in [2.24, 2.45) is 12.5 Å². The zero-order valence-corrected chi connectivity index (χ0v) is 29.6. The number of aromatic nitrogens is 4. The molecule has 0 spiro atoms. The Morgan fingerprint density at radius 2 is 1.88 bits per heavy atom. The summed E-state index contributed by atoms with van der Waals surface area (Å²) in [5.41, 5.74) is 7.76. The van der Waals surface area contributed by atoms with Gasteiger partial charge in [0.05, 0.1) is 18.5 Å². The van der Waals surface area contributed by atoms with E-state index in [2.05, 4.69) is 59.5 Å².